The van der Waals surface area contributed by atoms with Gasteiger partial charge in [0, 0.05) is 49.8 Å². The highest BCUT2D eigenvalue weighted by molar-refractivity contribution is 5.93. The Kier molecular flexibility index (Phi) is 5.58. The summed E-state index contributed by atoms with van der Waals surface area (Å²) in [6.07, 6.45) is 4.20. The molecule has 2 saturated heterocycles. The van der Waals surface area contributed by atoms with Crippen molar-refractivity contribution in [3.63, 3.8) is 0 Å². The van der Waals surface area contributed by atoms with E-state index in [1.807, 2.05) is 4.90 Å². The normalized spacial score (nSPS) is 21.6. The number of hydrogen-bond acceptors (Lipinski definition) is 4. The second kappa shape index (κ2) is 7.87. The second-order valence-corrected chi connectivity index (χ2v) is 7.13. The molecule has 1 atom stereocenters. The van der Waals surface area contributed by atoms with E-state index in [4.69, 9.17) is 0 Å². The number of likely N-dealkylation sites (tertiary alicyclic amines) is 2. The monoisotopic (exact) mass is 345 g/mol. The third-order valence-electron chi connectivity index (χ3n) is 5.23. The number of phenols is 1. The van der Waals surface area contributed by atoms with Gasteiger partial charge in [-0.15, -0.1) is 0 Å². The lowest BCUT2D eigenvalue weighted by Crippen LogP contribution is -2.63. The summed E-state index contributed by atoms with van der Waals surface area (Å²) in [6, 6.07) is 7.50. The lowest BCUT2D eigenvalue weighted by atomic mass is 9.97. The Bertz CT molecular complexity index is 628. The van der Waals surface area contributed by atoms with Crippen molar-refractivity contribution in [3.05, 3.63) is 24.3 Å². The number of amides is 2. The van der Waals surface area contributed by atoms with Crippen LogP contribution in [-0.2, 0) is 9.59 Å². The van der Waals surface area contributed by atoms with Gasteiger partial charge in [0.2, 0.25) is 11.8 Å². The SMILES string of the molecule is C[C@H]1CCCCN1C1CN(C(=O)CCC(=O)Nc2cccc(O)c2)C1. The zero-order valence-electron chi connectivity index (χ0n) is 14.8. The van der Waals surface area contributed by atoms with Gasteiger partial charge < -0.3 is 15.3 Å². The van der Waals surface area contributed by atoms with Crippen LogP contribution in [0.5, 0.6) is 5.75 Å². The minimum absolute atomic E-state index is 0.0481. The first-order valence-corrected chi connectivity index (χ1v) is 9.15. The van der Waals surface area contributed by atoms with Gasteiger partial charge in [-0.2, -0.15) is 0 Å². The van der Waals surface area contributed by atoms with E-state index in [0.717, 1.165) is 19.6 Å². The van der Waals surface area contributed by atoms with Gasteiger partial charge >= 0.3 is 0 Å². The highest BCUT2D eigenvalue weighted by atomic mass is 16.3. The van der Waals surface area contributed by atoms with Crippen molar-refractivity contribution in [2.24, 2.45) is 0 Å². The van der Waals surface area contributed by atoms with Gasteiger partial charge in [-0.3, -0.25) is 14.5 Å². The zero-order chi connectivity index (χ0) is 17.8. The first-order valence-electron chi connectivity index (χ1n) is 9.15. The zero-order valence-corrected chi connectivity index (χ0v) is 14.8. The quantitative estimate of drug-likeness (QED) is 0.858. The van der Waals surface area contributed by atoms with Crippen LogP contribution in [0, 0.1) is 0 Å². The molecule has 2 amide bonds. The second-order valence-electron chi connectivity index (χ2n) is 7.13. The predicted molar refractivity (Wildman–Crippen MR) is 96.4 cm³/mol. The first kappa shape index (κ1) is 17.7. The van der Waals surface area contributed by atoms with Gasteiger partial charge in [-0.05, 0) is 38.4 Å². The minimum atomic E-state index is -0.208. The Morgan fingerprint density at radius 1 is 1.24 bits per heavy atom. The van der Waals surface area contributed by atoms with Gasteiger partial charge in [-0.25, -0.2) is 0 Å². The van der Waals surface area contributed by atoms with Crippen molar-refractivity contribution >= 4 is 17.5 Å². The van der Waals surface area contributed by atoms with Crippen LogP contribution in [0.3, 0.4) is 0 Å². The van der Waals surface area contributed by atoms with Crippen LogP contribution in [0.2, 0.25) is 0 Å². The van der Waals surface area contributed by atoms with Crippen molar-refractivity contribution in [2.45, 2.75) is 51.1 Å². The maximum atomic E-state index is 12.2. The summed E-state index contributed by atoms with van der Waals surface area (Å²) in [5.41, 5.74) is 0.542. The number of hydrogen-bond donors (Lipinski definition) is 2. The highest BCUT2D eigenvalue weighted by Gasteiger charge is 2.37. The number of phenolic OH excluding ortho intramolecular Hbond substituents is 1. The van der Waals surface area contributed by atoms with E-state index < -0.39 is 0 Å². The number of nitrogens with zero attached hydrogens (tertiary/aromatic N) is 2. The van der Waals surface area contributed by atoms with Crippen molar-refractivity contribution in [2.75, 3.05) is 25.0 Å². The largest absolute Gasteiger partial charge is 0.508 e. The van der Waals surface area contributed by atoms with E-state index in [2.05, 4.69) is 17.1 Å². The number of benzene rings is 1. The van der Waals surface area contributed by atoms with Gasteiger partial charge in [0.25, 0.3) is 0 Å². The number of piperidine rings is 1. The number of anilines is 1. The number of carbonyl (C=O) groups is 2. The average Bonchev–Trinajstić information content (AvgIpc) is 2.53. The molecule has 2 N–H and O–H groups in total. The molecule has 1 aromatic rings. The topological polar surface area (TPSA) is 72.9 Å². The summed E-state index contributed by atoms with van der Waals surface area (Å²) in [7, 11) is 0. The van der Waals surface area contributed by atoms with Gasteiger partial charge in [0.05, 0.1) is 0 Å². The Morgan fingerprint density at radius 3 is 2.76 bits per heavy atom. The highest BCUT2D eigenvalue weighted by Crippen LogP contribution is 2.25. The van der Waals surface area contributed by atoms with Crippen LogP contribution in [0.1, 0.15) is 39.0 Å². The summed E-state index contributed by atoms with van der Waals surface area (Å²) in [5, 5.41) is 12.1. The molecule has 25 heavy (non-hydrogen) atoms. The first-order chi connectivity index (χ1) is 12.0. The number of carbonyl (C=O) groups excluding carboxylic acids is 2. The lowest BCUT2D eigenvalue weighted by Gasteiger charge is -2.49. The summed E-state index contributed by atoms with van der Waals surface area (Å²) < 4.78 is 0. The molecule has 2 aliphatic heterocycles. The average molecular weight is 345 g/mol. The van der Waals surface area contributed by atoms with E-state index in [-0.39, 0.29) is 30.4 Å². The van der Waals surface area contributed by atoms with Crippen LogP contribution in [0.25, 0.3) is 0 Å². The molecule has 3 rings (SSSR count). The molecular formula is C19H27N3O3. The van der Waals surface area contributed by atoms with Gasteiger partial charge in [0.15, 0.2) is 0 Å². The fraction of sp³-hybridized carbons (Fsp3) is 0.579. The van der Waals surface area contributed by atoms with Crippen molar-refractivity contribution in [1.82, 2.24) is 9.80 Å². The molecule has 0 aromatic heterocycles. The van der Waals surface area contributed by atoms with Crippen molar-refractivity contribution < 1.29 is 14.7 Å². The Balaban J connectivity index is 1.38. The van der Waals surface area contributed by atoms with Crippen molar-refractivity contribution in [3.8, 4) is 5.75 Å². The molecule has 2 aliphatic rings. The van der Waals surface area contributed by atoms with Crippen LogP contribution in [0.4, 0.5) is 5.69 Å². The molecule has 1 aromatic carbocycles. The van der Waals surface area contributed by atoms with Gasteiger partial charge in [-0.1, -0.05) is 12.5 Å². The van der Waals surface area contributed by atoms with E-state index in [1.165, 1.54) is 25.3 Å². The van der Waals surface area contributed by atoms with E-state index >= 15 is 0 Å². The Hall–Kier alpha value is -2.08. The maximum Gasteiger partial charge on any atom is 0.224 e. The van der Waals surface area contributed by atoms with E-state index in [0.29, 0.717) is 17.8 Å². The molecule has 0 bridgehead atoms. The number of nitrogens with one attached hydrogen (secondary N) is 1. The molecule has 6 nitrogen and oxygen atoms in total. The Labute approximate surface area is 148 Å². The molecule has 2 fully saturated rings. The summed E-state index contributed by atoms with van der Waals surface area (Å²) >= 11 is 0. The third kappa shape index (κ3) is 4.51. The molecule has 0 aliphatic carbocycles. The van der Waals surface area contributed by atoms with E-state index in [9.17, 15) is 14.7 Å². The molecule has 2 heterocycles. The lowest BCUT2D eigenvalue weighted by molar-refractivity contribution is -0.140. The fourth-order valence-corrected chi connectivity index (χ4v) is 3.72. The predicted octanol–water partition coefficient (Wildman–Crippen LogP) is 2.20. The molecule has 6 heteroatoms. The summed E-state index contributed by atoms with van der Waals surface area (Å²) in [6.45, 7) is 4.99. The fourth-order valence-electron chi connectivity index (χ4n) is 3.72. The number of rotatable bonds is 5. The van der Waals surface area contributed by atoms with Crippen LogP contribution < -0.4 is 5.32 Å². The molecule has 0 unspecified atom stereocenters. The standard InChI is InChI=1S/C19H27N3O3/c1-14-5-2-3-10-22(14)16-12-21(13-16)19(25)9-8-18(24)20-15-6-4-7-17(23)11-15/h4,6-7,11,14,16,23H,2-3,5,8-10,12-13H2,1H3,(H,20,24)/t14-/m0/s1. The molecule has 0 spiro atoms. The Morgan fingerprint density at radius 2 is 2.04 bits per heavy atom. The molecule has 0 radical (unpaired) electrons. The minimum Gasteiger partial charge on any atom is -0.508 e. The third-order valence-corrected chi connectivity index (χ3v) is 5.23. The van der Waals surface area contributed by atoms with Crippen LogP contribution >= 0.6 is 0 Å². The van der Waals surface area contributed by atoms with Crippen LogP contribution in [0.15, 0.2) is 24.3 Å². The molecule has 0 saturated carbocycles. The van der Waals surface area contributed by atoms with Crippen molar-refractivity contribution in [1.29, 1.82) is 0 Å². The maximum absolute atomic E-state index is 12.2. The molecule has 136 valence electrons. The van der Waals surface area contributed by atoms with Gasteiger partial charge in [0.1, 0.15) is 5.75 Å². The van der Waals surface area contributed by atoms with E-state index in [1.54, 1.807) is 18.2 Å². The number of aromatic hydroxyl groups is 1. The van der Waals surface area contributed by atoms with Crippen LogP contribution in [-0.4, -0.2) is 58.4 Å². The smallest absolute Gasteiger partial charge is 0.224 e. The summed E-state index contributed by atoms with van der Waals surface area (Å²) in [5.74, 6) is -0.0555. The molecular weight excluding hydrogens is 318 g/mol. The summed E-state index contributed by atoms with van der Waals surface area (Å²) in [4.78, 5) is 28.6.